The van der Waals surface area contributed by atoms with Gasteiger partial charge in [-0.25, -0.2) is 4.98 Å². The van der Waals surface area contributed by atoms with E-state index >= 15 is 0 Å². The molecule has 1 atom stereocenters. The first-order chi connectivity index (χ1) is 9.01. The second kappa shape index (κ2) is 5.88. The van der Waals surface area contributed by atoms with Crippen LogP contribution in [0.15, 0.2) is 18.3 Å². The Hall–Kier alpha value is -1.13. The lowest BCUT2D eigenvalue weighted by Gasteiger charge is -2.35. The molecule has 5 heteroatoms. The Balaban J connectivity index is 2.08. The molecule has 2 heterocycles. The van der Waals surface area contributed by atoms with Crippen molar-refractivity contribution in [2.75, 3.05) is 18.4 Å². The summed E-state index contributed by atoms with van der Waals surface area (Å²) in [7, 11) is 0. The van der Waals surface area contributed by atoms with Crippen LogP contribution in [0, 0.1) is 11.3 Å². The van der Waals surface area contributed by atoms with Crippen molar-refractivity contribution < 1.29 is 4.79 Å². The number of hydrogen-bond acceptors (Lipinski definition) is 3. The molecule has 2 rings (SSSR count). The van der Waals surface area contributed by atoms with Gasteiger partial charge in [0.2, 0.25) is 5.91 Å². The maximum atomic E-state index is 12.4. The number of amides is 1. The molecule has 1 aromatic rings. The van der Waals surface area contributed by atoms with Gasteiger partial charge in [0.15, 0.2) is 5.82 Å². The van der Waals surface area contributed by atoms with Gasteiger partial charge in [-0.1, -0.05) is 25.4 Å². The van der Waals surface area contributed by atoms with E-state index in [-0.39, 0.29) is 5.91 Å². The minimum absolute atomic E-state index is 0.0261. The molecular formula is C14H20ClN3O. The Kier molecular flexibility index (Phi) is 4.42. The molecule has 1 fully saturated rings. The number of halogens is 1. The van der Waals surface area contributed by atoms with Crippen molar-refractivity contribution in [2.45, 2.75) is 26.7 Å². The minimum atomic E-state index is -0.436. The highest BCUT2D eigenvalue weighted by Gasteiger charge is 2.37. The number of hydrogen-bond donors (Lipinski definition) is 2. The summed E-state index contributed by atoms with van der Waals surface area (Å²) in [6, 6.07) is 3.47. The van der Waals surface area contributed by atoms with E-state index in [2.05, 4.69) is 15.6 Å². The van der Waals surface area contributed by atoms with Crippen molar-refractivity contribution in [1.82, 2.24) is 10.3 Å². The summed E-state index contributed by atoms with van der Waals surface area (Å²) in [5.74, 6) is 0.747. The van der Waals surface area contributed by atoms with Gasteiger partial charge in [-0.15, -0.1) is 0 Å². The number of piperidine rings is 1. The van der Waals surface area contributed by atoms with Crippen molar-refractivity contribution >= 4 is 23.3 Å². The molecule has 1 aromatic heterocycles. The number of nitrogens with zero attached hydrogens (tertiary/aromatic N) is 1. The summed E-state index contributed by atoms with van der Waals surface area (Å²) < 4.78 is 0. The highest BCUT2D eigenvalue weighted by atomic mass is 35.5. The van der Waals surface area contributed by atoms with Crippen LogP contribution < -0.4 is 10.6 Å². The first-order valence-corrected chi connectivity index (χ1v) is 7.02. The van der Waals surface area contributed by atoms with Gasteiger partial charge >= 0.3 is 0 Å². The summed E-state index contributed by atoms with van der Waals surface area (Å²) in [6.45, 7) is 5.89. The molecule has 4 nitrogen and oxygen atoms in total. The summed E-state index contributed by atoms with van der Waals surface area (Å²) in [5.41, 5.74) is -0.436. The Labute approximate surface area is 118 Å². The molecule has 0 saturated carbocycles. The molecule has 104 valence electrons. The van der Waals surface area contributed by atoms with Crippen molar-refractivity contribution in [3.8, 4) is 0 Å². The van der Waals surface area contributed by atoms with Gasteiger partial charge in [-0.05, 0) is 44.0 Å². The molecule has 0 bridgehead atoms. The second-order valence-corrected chi connectivity index (χ2v) is 5.96. The Bertz CT molecular complexity index is 456. The quantitative estimate of drug-likeness (QED) is 0.896. The van der Waals surface area contributed by atoms with Gasteiger partial charge in [-0.2, -0.15) is 0 Å². The number of carbonyl (C=O) groups is 1. The second-order valence-electron chi connectivity index (χ2n) is 5.55. The molecule has 0 radical (unpaired) electrons. The van der Waals surface area contributed by atoms with E-state index in [0.717, 1.165) is 25.9 Å². The number of nitrogens with one attached hydrogen (secondary N) is 2. The van der Waals surface area contributed by atoms with E-state index < -0.39 is 5.41 Å². The summed E-state index contributed by atoms with van der Waals surface area (Å²) in [4.78, 5) is 16.5. The maximum Gasteiger partial charge on any atom is 0.231 e. The van der Waals surface area contributed by atoms with E-state index in [1.54, 1.807) is 18.3 Å². The average molecular weight is 282 g/mol. The third kappa shape index (κ3) is 3.25. The molecule has 1 aliphatic heterocycles. The van der Waals surface area contributed by atoms with Crippen LogP contribution in [-0.4, -0.2) is 24.0 Å². The molecule has 1 unspecified atom stereocenters. The summed E-state index contributed by atoms with van der Waals surface area (Å²) >= 11 is 6.01. The van der Waals surface area contributed by atoms with Crippen LogP contribution in [0.4, 0.5) is 5.82 Å². The Morgan fingerprint density at radius 3 is 3.00 bits per heavy atom. The van der Waals surface area contributed by atoms with Crippen LogP contribution in [-0.2, 0) is 4.79 Å². The fourth-order valence-electron chi connectivity index (χ4n) is 2.40. The van der Waals surface area contributed by atoms with Gasteiger partial charge in [-0.3, -0.25) is 4.79 Å². The van der Waals surface area contributed by atoms with Crippen LogP contribution in [0.3, 0.4) is 0 Å². The van der Waals surface area contributed by atoms with E-state index in [4.69, 9.17) is 11.6 Å². The molecule has 0 spiro atoms. The fourth-order valence-corrected chi connectivity index (χ4v) is 2.57. The molecule has 2 N–H and O–H groups in total. The number of anilines is 1. The predicted molar refractivity (Wildman–Crippen MR) is 77.3 cm³/mol. The zero-order valence-corrected chi connectivity index (χ0v) is 12.1. The zero-order chi connectivity index (χ0) is 13.9. The smallest absolute Gasteiger partial charge is 0.231 e. The van der Waals surface area contributed by atoms with Crippen LogP contribution in [0.5, 0.6) is 0 Å². The molecule has 1 aliphatic rings. The van der Waals surface area contributed by atoms with Crippen LogP contribution in [0.25, 0.3) is 0 Å². The van der Waals surface area contributed by atoms with Crippen molar-refractivity contribution in [3.05, 3.63) is 23.4 Å². The van der Waals surface area contributed by atoms with Crippen LogP contribution >= 0.6 is 11.6 Å². The van der Waals surface area contributed by atoms with Gasteiger partial charge in [0, 0.05) is 11.6 Å². The van der Waals surface area contributed by atoms with Crippen molar-refractivity contribution in [1.29, 1.82) is 0 Å². The monoisotopic (exact) mass is 281 g/mol. The van der Waals surface area contributed by atoms with Crippen molar-refractivity contribution in [2.24, 2.45) is 11.3 Å². The normalized spacial score (nSPS) is 20.1. The molecule has 1 saturated heterocycles. The van der Waals surface area contributed by atoms with Crippen molar-refractivity contribution in [3.63, 3.8) is 0 Å². The van der Waals surface area contributed by atoms with Crippen LogP contribution in [0.1, 0.15) is 26.7 Å². The summed E-state index contributed by atoms with van der Waals surface area (Å²) in [6.07, 6.45) is 3.81. The fraction of sp³-hybridized carbons (Fsp3) is 0.571. The topological polar surface area (TPSA) is 54.0 Å². The van der Waals surface area contributed by atoms with Gasteiger partial charge in [0.25, 0.3) is 0 Å². The maximum absolute atomic E-state index is 12.4. The highest BCUT2D eigenvalue weighted by Crippen LogP contribution is 2.33. The standard InChI is InChI=1S/C14H20ClN3O/c1-14(2,10-5-3-7-16-9-10)13(19)18-12-11(15)6-4-8-17-12/h4,6,8,10,16H,3,5,7,9H2,1-2H3,(H,17,18,19). The predicted octanol–water partition coefficient (Wildman–Crippen LogP) is 2.70. The largest absolute Gasteiger partial charge is 0.316 e. The van der Waals surface area contributed by atoms with E-state index in [1.165, 1.54) is 0 Å². The third-order valence-corrected chi connectivity index (χ3v) is 4.20. The Morgan fingerprint density at radius 1 is 1.58 bits per heavy atom. The number of carbonyl (C=O) groups excluding carboxylic acids is 1. The molecule has 0 aliphatic carbocycles. The first kappa shape index (κ1) is 14.3. The molecular weight excluding hydrogens is 262 g/mol. The SMILES string of the molecule is CC(C)(C(=O)Nc1ncccc1Cl)C1CCCNC1. The highest BCUT2D eigenvalue weighted by molar-refractivity contribution is 6.33. The lowest BCUT2D eigenvalue weighted by molar-refractivity contribution is -0.127. The lowest BCUT2D eigenvalue weighted by atomic mass is 9.74. The zero-order valence-electron chi connectivity index (χ0n) is 11.4. The van der Waals surface area contributed by atoms with Crippen LogP contribution in [0.2, 0.25) is 5.02 Å². The van der Waals surface area contributed by atoms with Gasteiger partial charge < -0.3 is 10.6 Å². The third-order valence-electron chi connectivity index (χ3n) is 3.89. The number of pyridine rings is 1. The van der Waals surface area contributed by atoms with Gasteiger partial charge in [0.05, 0.1) is 5.02 Å². The number of aromatic nitrogens is 1. The van der Waals surface area contributed by atoms with E-state index in [0.29, 0.717) is 16.8 Å². The Morgan fingerprint density at radius 2 is 2.37 bits per heavy atom. The molecule has 1 amide bonds. The minimum Gasteiger partial charge on any atom is -0.316 e. The van der Waals surface area contributed by atoms with E-state index in [1.807, 2.05) is 13.8 Å². The first-order valence-electron chi connectivity index (χ1n) is 6.64. The molecule has 19 heavy (non-hydrogen) atoms. The van der Waals surface area contributed by atoms with Gasteiger partial charge in [0.1, 0.15) is 0 Å². The number of rotatable bonds is 3. The van der Waals surface area contributed by atoms with E-state index in [9.17, 15) is 4.79 Å². The summed E-state index contributed by atoms with van der Waals surface area (Å²) in [5, 5.41) is 6.65. The average Bonchev–Trinajstić information content (AvgIpc) is 2.42. The lowest BCUT2D eigenvalue weighted by Crippen LogP contribution is -2.44. The molecule has 0 aromatic carbocycles.